The first-order chi connectivity index (χ1) is 27.7. The van der Waals surface area contributed by atoms with E-state index in [0.717, 1.165) is 4.68 Å². The number of nitrogens with zero attached hydrogens (tertiary/aromatic N) is 6. The number of nitrogens with two attached hydrogens (primary N) is 1. The number of nitrogens with one attached hydrogen (secondary N) is 1. The molecule has 0 fully saturated rings. The molecular weight excluding hydrogens is 771 g/mol. The number of esters is 2. The van der Waals surface area contributed by atoms with Crippen LogP contribution in [-0.4, -0.2) is 94.0 Å². The van der Waals surface area contributed by atoms with Crippen molar-refractivity contribution in [3.05, 3.63) is 77.6 Å². The Bertz CT molecular complexity index is 2100. The van der Waals surface area contributed by atoms with Crippen LogP contribution >= 0.6 is 0 Å². The highest BCUT2D eigenvalue weighted by Crippen LogP contribution is 2.36. The minimum Gasteiger partial charge on any atom is -0.497 e. The molecule has 59 heavy (non-hydrogen) atoms. The summed E-state index contributed by atoms with van der Waals surface area (Å²) in [5.74, 6) is -2.74. The summed E-state index contributed by atoms with van der Waals surface area (Å²) >= 11 is 0. The third-order valence-electron chi connectivity index (χ3n) is 7.90. The van der Waals surface area contributed by atoms with Crippen LogP contribution < -0.4 is 25.3 Å². The van der Waals surface area contributed by atoms with Crippen molar-refractivity contribution < 1.29 is 52.3 Å². The molecule has 1 unspecified atom stereocenters. The third kappa shape index (κ3) is 12.8. The summed E-state index contributed by atoms with van der Waals surface area (Å²) in [6.45, 7) is 13.0. The van der Waals surface area contributed by atoms with Crippen molar-refractivity contribution in [1.29, 1.82) is 0 Å². The molecule has 0 radical (unpaired) electrons. The van der Waals surface area contributed by atoms with Gasteiger partial charge in [0, 0.05) is 35.3 Å². The summed E-state index contributed by atoms with van der Waals surface area (Å²) in [7, 11) is 1.39. The van der Waals surface area contributed by atoms with Crippen LogP contribution in [0.2, 0.25) is 0 Å². The predicted octanol–water partition coefficient (Wildman–Crippen LogP) is 5.16. The van der Waals surface area contributed by atoms with E-state index in [4.69, 9.17) is 34.2 Å². The van der Waals surface area contributed by atoms with E-state index in [9.17, 15) is 19.5 Å². The van der Waals surface area contributed by atoms with Gasteiger partial charge in [0.1, 0.15) is 24.2 Å². The monoisotopic (exact) mass is 822 g/mol. The van der Waals surface area contributed by atoms with Gasteiger partial charge < -0.3 is 44.6 Å². The van der Waals surface area contributed by atoms with Crippen LogP contribution in [0.15, 0.2) is 59.9 Å². The van der Waals surface area contributed by atoms with E-state index < -0.39 is 42.1 Å². The lowest BCUT2D eigenvalue weighted by atomic mass is 9.93. The second-order valence-corrected chi connectivity index (χ2v) is 16.0. The minimum atomic E-state index is -1.67. The number of rotatable bonds is 17. The number of halogens is 1. The maximum atomic E-state index is 16.4. The van der Waals surface area contributed by atoms with Gasteiger partial charge in [-0.05, 0) is 61.1 Å². The standard InChI is InChI=1S/C40H51FN8O10/c1-38(2,3)21-56-33(51)40(7,8)34(52)58-23-59-36-47-32(48-49(36)35-43-15-10-16-44-35)30(27-19-26(54-9)20-28(29(27)41)55-18-17-50)45-25-13-11-24(12-14-25)31(42)46-37(53)57-22-39(4,5)6/h10-16,19-20,30,45,50H,17-18,21-23H2,1-9H3,(H2,42,46,53). The van der Waals surface area contributed by atoms with Crippen molar-refractivity contribution in [2.24, 2.45) is 27.0 Å². The number of carbonyl (C=O) groups is 3. The van der Waals surface area contributed by atoms with E-state index >= 15 is 4.39 Å². The SMILES string of the molecule is COc1cc(OCCO)c(F)c(C(Nc2ccc(C(N)=NC(=O)OCC(C)(C)C)cc2)c2nc(OCOC(=O)C(C)(C)C(=O)OCC(C)(C)C)n(-c3ncccn3)n2)c1. The first-order valence-corrected chi connectivity index (χ1v) is 18.4. The zero-order valence-electron chi connectivity index (χ0n) is 34.6. The molecule has 4 rings (SSSR count). The Hall–Kier alpha value is -6.37. The summed E-state index contributed by atoms with van der Waals surface area (Å²) in [5.41, 5.74) is 4.59. The fraction of sp³-hybridized carbons (Fsp3) is 0.450. The number of aliphatic imine (C=N–C) groups is 1. The number of benzene rings is 2. The fourth-order valence-electron chi connectivity index (χ4n) is 4.76. The largest absolute Gasteiger partial charge is 0.497 e. The van der Waals surface area contributed by atoms with Crippen LogP contribution in [0.5, 0.6) is 17.5 Å². The molecule has 0 bridgehead atoms. The van der Waals surface area contributed by atoms with Crippen LogP contribution in [0.4, 0.5) is 14.9 Å². The Labute approximate surface area is 341 Å². The lowest BCUT2D eigenvalue weighted by Gasteiger charge is -2.24. The van der Waals surface area contributed by atoms with Crippen molar-refractivity contribution in [2.75, 3.05) is 45.6 Å². The molecule has 0 aliphatic heterocycles. The van der Waals surface area contributed by atoms with E-state index in [1.165, 1.54) is 45.5 Å². The topological polar surface area (TPSA) is 234 Å². The summed E-state index contributed by atoms with van der Waals surface area (Å²) in [5, 5.41) is 17.2. The average Bonchev–Trinajstić information content (AvgIpc) is 3.61. The van der Waals surface area contributed by atoms with E-state index in [2.05, 4.69) is 30.4 Å². The van der Waals surface area contributed by atoms with Gasteiger partial charge in [0.25, 0.3) is 5.95 Å². The molecule has 318 valence electrons. The van der Waals surface area contributed by atoms with Crippen LogP contribution in [0.25, 0.3) is 5.95 Å². The van der Waals surface area contributed by atoms with Crippen molar-refractivity contribution >= 4 is 29.6 Å². The summed E-state index contributed by atoms with van der Waals surface area (Å²) in [6, 6.07) is 9.19. The van der Waals surface area contributed by atoms with Gasteiger partial charge >= 0.3 is 24.0 Å². The normalized spacial score (nSPS) is 12.6. The van der Waals surface area contributed by atoms with Gasteiger partial charge in [0.2, 0.25) is 6.79 Å². The zero-order valence-corrected chi connectivity index (χ0v) is 34.6. The van der Waals surface area contributed by atoms with Crippen molar-refractivity contribution in [1.82, 2.24) is 24.7 Å². The van der Waals surface area contributed by atoms with E-state index in [-0.39, 0.29) is 77.9 Å². The van der Waals surface area contributed by atoms with Crippen molar-refractivity contribution in [3.8, 4) is 23.5 Å². The van der Waals surface area contributed by atoms with Gasteiger partial charge in [-0.1, -0.05) is 41.5 Å². The van der Waals surface area contributed by atoms with Gasteiger partial charge in [-0.25, -0.2) is 19.2 Å². The number of aromatic nitrogens is 5. The number of carbonyl (C=O) groups excluding carboxylic acids is 3. The van der Waals surface area contributed by atoms with Crippen molar-refractivity contribution in [3.63, 3.8) is 0 Å². The molecule has 2 aromatic carbocycles. The number of aliphatic hydroxyl groups excluding tert-OH is 1. The third-order valence-corrected chi connectivity index (χ3v) is 7.90. The van der Waals surface area contributed by atoms with Crippen LogP contribution in [-0.2, 0) is 23.8 Å². The Morgan fingerprint density at radius 1 is 0.915 bits per heavy atom. The number of hydrogen-bond donors (Lipinski definition) is 3. The van der Waals surface area contributed by atoms with Gasteiger partial charge in [0.05, 0.1) is 26.9 Å². The summed E-state index contributed by atoms with van der Waals surface area (Å²) in [6.07, 6.45) is 2.05. The number of hydrogen-bond acceptors (Lipinski definition) is 15. The maximum absolute atomic E-state index is 16.4. The molecule has 0 aliphatic rings. The minimum absolute atomic E-state index is 0.00404. The number of ether oxygens (including phenoxy) is 6. The number of amides is 1. The predicted molar refractivity (Wildman–Crippen MR) is 212 cm³/mol. The molecule has 0 aliphatic carbocycles. The smallest absolute Gasteiger partial charge is 0.435 e. The molecule has 2 aromatic heterocycles. The highest BCUT2D eigenvalue weighted by molar-refractivity contribution is 6.03. The molecule has 0 saturated heterocycles. The lowest BCUT2D eigenvalue weighted by Crippen LogP contribution is -2.38. The summed E-state index contributed by atoms with van der Waals surface area (Å²) in [4.78, 5) is 55.0. The van der Waals surface area contributed by atoms with E-state index in [0.29, 0.717) is 11.3 Å². The summed E-state index contributed by atoms with van der Waals surface area (Å²) < 4.78 is 50.1. The molecule has 4 aromatic rings. The van der Waals surface area contributed by atoms with Gasteiger partial charge in [-0.2, -0.15) is 9.98 Å². The highest BCUT2D eigenvalue weighted by Gasteiger charge is 2.40. The molecule has 0 saturated carbocycles. The van der Waals surface area contributed by atoms with Crippen LogP contribution in [0, 0.1) is 22.1 Å². The first-order valence-electron chi connectivity index (χ1n) is 18.4. The molecule has 18 nitrogen and oxygen atoms in total. The van der Waals surface area contributed by atoms with Crippen LogP contribution in [0.1, 0.15) is 78.4 Å². The van der Waals surface area contributed by atoms with Gasteiger partial charge in [-0.3, -0.25) is 9.59 Å². The lowest BCUT2D eigenvalue weighted by molar-refractivity contribution is -0.175. The Morgan fingerprint density at radius 3 is 2.15 bits per heavy atom. The number of methoxy groups -OCH3 is 1. The molecule has 1 amide bonds. The van der Waals surface area contributed by atoms with E-state index in [1.807, 2.05) is 41.5 Å². The maximum Gasteiger partial charge on any atom is 0.435 e. The molecule has 19 heteroatoms. The van der Waals surface area contributed by atoms with Gasteiger partial charge in [0.15, 0.2) is 22.8 Å². The number of anilines is 1. The number of amidine groups is 1. The molecule has 1 atom stereocenters. The van der Waals surface area contributed by atoms with Crippen LogP contribution in [0.3, 0.4) is 0 Å². The van der Waals surface area contributed by atoms with E-state index in [1.54, 1.807) is 30.3 Å². The Kier molecular flexibility index (Phi) is 14.9. The number of aliphatic hydroxyl groups is 1. The quantitative estimate of drug-likeness (QED) is 0.0312. The highest BCUT2D eigenvalue weighted by atomic mass is 19.1. The zero-order chi connectivity index (χ0) is 43.5. The second-order valence-electron chi connectivity index (χ2n) is 16.0. The average molecular weight is 823 g/mol. The molecule has 2 heterocycles. The van der Waals surface area contributed by atoms with Gasteiger partial charge in [-0.15, -0.1) is 9.78 Å². The first kappa shape index (κ1) is 45.3. The Morgan fingerprint density at radius 2 is 1.54 bits per heavy atom. The molecular formula is C40H51FN8O10. The van der Waals surface area contributed by atoms with Crippen molar-refractivity contribution in [2.45, 2.75) is 61.4 Å². The molecule has 0 spiro atoms. The second kappa shape index (κ2) is 19.4. The fourth-order valence-corrected chi connectivity index (χ4v) is 4.76. The molecule has 4 N–H and O–H groups in total. The Balaban J connectivity index is 1.72.